The second-order valence-corrected chi connectivity index (χ2v) is 7.61. The van der Waals surface area contributed by atoms with Gasteiger partial charge < -0.3 is 4.43 Å². The van der Waals surface area contributed by atoms with E-state index in [-0.39, 0.29) is 0 Å². The number of nitrogens with zero attached hydrogens (tertiary/aromatic N) is 1. The van der Waals surface area contributed by atoms with Crippen LogP contribution in [0.4, 0.5) is 0 Å². The highest BCUT2D eigenvalue weighted by Gasteiger charge is 2.16. The minimum absolute atomic E-state index is 0.888. The summed E-state index contributed by atoms with van der Waals surface area (Å²) in [4.78, 5) is 4.02. The van der Waals surface area contributed by atoms with E-state index >= 15 is 0 Å². The molecule has 0 aliphatic heterocycles. The Bertz CT molecular complexity index is 126. The van der Waals surface area contributed by atoms with Crippen LogP contribution < -0.4 is 0 Å². The summed E-state index contributed by atoms with van der Waals surface area (Å²) < 4.78 is 5.62. The molecule has 0 aliphatic rings. The van der Waals surface area contributed by atoms with E-state index in [9.17, 15) is 0 Å². The topological polar surface area (TPSA) is 21.6 Å². The maximum atomic E-state index is 5.62. The lowest BCUT2D eigenvalue weighted by atomic mass is 10.5. The lowest BCUT2D eigenvalue weighted by Gasteiger charge is -2.19. The number of rotatable bonds is 2. The summed E-state index contributed by atoms with van der Waals surface area (Å²) >= 11 is 0. The SMILES string of the molecule is CCC(=NC)O[Si](C)(C)C. The lowest BCUT2D eigenvalue weighted by Crippen LogP contribution is -2.28. The molecule has 3 heteroatoms. The smallest absolute Gasteiger partial charge is 0.243 e. The van der Waals surface area contributed by atoms with Crippen molar-refractivity contribution < 1.29 is 4.43 Å². The van der Waals surface area contributed by atoms with Gasteiger partial charge in [-0.15, -0.1) is 0 Å². The molecule has 0 saturated heterocycles. The second-order valence-electron chi connectivity index (χ2n) is 3.19. The van der Waals surface area contributed by atoms with Gasteiger partial charge in [0.1, 0.15) is 0 Å². The number of hydrogen-bond donors (Lipinski definition) is 0. The Morgan fingerprint density at radius 3 is 2.00 bits per heavy atom. The molecule has 0 unspecified atom stereocenters. The van der Waals surface area contributed by atoms with E-state index in [1.54, 1.807) is 7.05 Å². The van der Waals surface area contributed by atoms with Crippen LogP contribution in [0.15, 0.2) is 4.99 Å². The van der Waals surface area contributed by atoms with Gasteiger partial charge in [-0.2, -0.15) is 0 Å². The van der Waals surface area contributed by atoms with E-state index in [1.165, 1.54) is 0 Å². The highest BCUT2D eigenvalue weighted by atomic mass is 28.4. The fourth-order valence-corrected chi connectivity index (χ4v) is 1.57. The molecular weight excluding hydrogens is 142 g/mol. The van der Waals surface area contributed by atoms with E-state index in [0.717, 1.165) is 12.3 Å². The molecule has 0 aromatic heterocycles. The van der Waals surface area contributed by atoms with Crippen molar-refractivity contribution in [2.24, 2.45) is 4.99 Å². The first-order valence-corrected chi connectivity index (χ1v) is 7.05. The third-order valence-electron chi connectivity index (χ3n) is 0.976. The molecular formula is C7H17NOSi. The lowest BCUT2D eigenvalue weighted by molar-refractivity contribution is 0.535. The van der Waals surface area contributed by atoms with Crippen molar-refractivity contribution in [2.75, 3.05) is 7.05 Å². The molecule has 0 aromatic carbocycles. The Kier molecular flexibility index (Phi) is 3.64. The van der Waals surface area contributed by atoms with Gasteiger partial charge in [-0.1, -0.05) is 6.92 Å². The summed E-state index contributed by atoms with van der Waals surface area (Å²) in [6.45, 7) is 8.54. The Labute approximate surface area is 64.4 Å². The van der Waals surface area contributed by atoms with Crippen molar-refractivity contribution in [3.63, 3.8) is 0 Å². The zero-order valence-corrected chi connectivity index (χ0v) is 8.56. The number of hydrogen-bond acceptors (Lipinski definition) is 2. The van der Waals surface area contributed by atoms with Crippen LogP contribution in [0, 0.1) is 0 Å². The third-order valence-corrected chi connectivity index (χ3v) is 1.82. The van der Waals surface area contributed by atoms with E-state index in [0.29, 0.717) is 0 Å². The molecule has 60 valence electrons. The zero-order valence-electron chi connectivity index (χ0n) is 7.56. The maximum Gasteiger partial charge on any atom is 0.243 e. The molecule has 0 bridgehead atoms. The Morgan fingerprint density at radius 1 is 1.40 bits per heavy atom. The van der Waals surface area contributed by atoms with Gasteiger partial charge in [-0.3, -0.25) is 4.99 Å². The predicted octanol–water partition coefficient (Wildman–Crippen LogP) is 2.28. The first-order valence-electron chi connectivity index (χ1n) is 3.64. The van der Waals surface area contributed by atoms with E-state index in [2.05, 4.69) is 31.6 Å². The molecule has 10 heavy (non-hydrogen) atoms. The van der Waals surface area contributed by atoms with Crippen molar-refractivity contribution >= 4 is 14.2 Å². The van der Waals surface area contributed by atoms with Gasteiger partial charge in [-0.25, -0.2) is 0 Å². The van der Waals surface area contributed by atoms with Crippen molar-refractivity contribution in [3.8, 4) is 0 Å². The minimum Gasteiger partial charge on any atom is -0.535 e. The third kappa shape index (κ3) is 4.55. The summed E-state index contributed by atoms with van der Waals surface area (Å²) in [5.74, 6) is 0.888. The highest BCUT2D eigenvalue weighted by molar-refractivity contribution is 6.71. The zero-order chi connectivity index (χ0) is 8.20. The number of aliphatic imine (C=N–C) groups is 1. The molecule has 0 aliphatic carbocycles. The normalized spacial score (nSPS) is 13.5. The van der Waals surface area contributed by atoms with Gasteiger partial charge in [0.2, 0.25) is 8.32 Å². The van der Waals surface area contributed by atoms with Gasteiger partial charge >= 0.3 is 0 Å². The summed E-state index contributed by atoms with van der Waals surface area (Å²) in [5, 5.41) is 0. The van der Waals surface area contributed by atoms with Crippen molar-refractivity contribution in [3.05, 3.63) is 0 Å². The standard InChI is InChI=1S/C7H17NOSi/c1-6-7(8-2)9-10(3,4)5/h6H2,1-5H3. The summed E-state index contributed by atoms with van der Waals surface area (Å²) in [6.07, 6.45) is 0.904. The van der Waals surface area contributed by atoms with Crippen LogP contribution in [0.1, 0.15) is 13.3 Å². The first-order chi connectivity index (χ1) is 4.49. The van der Waals surface area contributed by atoms with Crippen LogP contribution in [0.25, 0.3) is 0 Å². The Morgan fingerprint density at radius 2 is 1.90 bits per heavy atom. The maximum absolute atomic E-state index is 5.62. The molecule has 0 spiro atoms. The molecule has 0 rings (SSSR count). The van der Waals surface area contributed by atoms with Crippen LogP contribution in [-0.2, 0) is 4.43 Å². The first kappa shape index (κ1) is 9.69. The fourth-order valence-electron chi connectivity index (χ4n) is 0.629. The second kappa shape index (κ2) is 3.76. The molecule has 0 heterocycles. The summed E-state index contributed by atoms with van der Waals surface area (Å²) in [6, 6.07) is 0. The molecule has 0 amide bonds. The molecule has 0 atom stereocenters. The van der Waals surface area contributed by atoms with E-state index < -0.39 is 8.32 Å². The van der Waals surface area contributed by atoms with Gasteiger partial charge in [0, 0.05) is 13.5 Å². The van der Waals surface area contributed by atoms with Gasteiger partial charge in [0.25, 0.3) is 0 Å². The predicted molar refractivity (Wildman–Crippen MR) is 48.1 cm³/mol. The average Bonchev–Trinajstić information content (AvgIpc) is 1.81. The largest absolute Gasteiger partial charge is 0.535 e. The molecule has 0 fully saturated rings. The molecule has 0 saturated carbocycles. The van der Waals surface area contributed by atoms with E-state index in [1.807, 2.05) is 0 Å². The van der Waals surface area contributed by atoms with E-state index in [4.69, 9.17) is 4.43 Å². The Hall–Kier alpha value is -0.313. The Balaban J connectivity index is 3.88. The quantitative estimate of drug-likeness (QED) is 0.344. The molecule has 0 N–H and O–H groups in total. The van der Waals surface area contributed by atoms with Gasteiger partial charge in [0.05, 0.1) is 0 Å². The van der Waals surface area contributed by atoms with Crippen LogP contribution in [0.3, 0.4) is 0 Å². The van der Waals surface area contributed by atoms with Crippen LogP contribution >= 0.6 is 0 Å². The molecule has 0 aromatic rings. The molecule has 0 radical (unpaired) electrons. The van der Waals surface area contributed by atoms with Crippen LogP contribution in [-0.4, -0.2) is 21.3 Å². The summed E-state index contributed by atoms with van der Waals surface area (Å²) in [7, 11) is 0.384. The van der Waals surface area contributed by atoms with Gasteiger partial charge in [0.15, 0.2) is 5.90 Å². The van der Waals surface area contributed by atoms with Crippen molar-refractivity contribution in [1.82, 2.24) is 0 Å². The van der Waals surface area contributed by atoms with Crippen LogP contribution in [0.2, 0.25) is 19.6 Å². The van der Waals surface area contributed by atoms with Crippen LogP contribution in [0.5, 0.6) is 0 Å². The minimum atomic E-state index is -1.39. The highest BCUT2D eigenvalue weighted by Crippen LogP contribution is 2.04. The monoisotopic (exact) mass is 159 g/mol. The fraction of sp³-hybridized carbons (Fsp3) is 0.857. The van der Waals surface area contributed by atoms with Crippen molar-refractivity contribution in [1.29, 1.82) is 0 Å². The van der Waals surface area contributed by atoms with Gasteiger partial charge in [-0.05, 0) is 19.6 Å². The average molecular weight is 159 g/mol. The van der Waals surface area contributed by atoms with Crippen molar-refractivity contribution in [2.45, 2.75) is 33.0 Å². The molecule has 2 nitrogen and oxygen atoms in total. The summed E-state index contributed by atoms with van der Waals surface area (Å²) in [5.41, 5.74) is 0.